The number of anilines is 1. The Kier molecular flexibility index (Phi) is 6.90. The molecule has 0 aliphatic rings. The molecule has 2 aromatic carbocycles. The van der Waals surface area contributed by atoms with Gasteiger partial charge in [-0.25, -0.2) is 4.79 Å². The van der Waals surface area contributed by atoms with E-state index in [9.17, 15) is 4.79 Å². The largest absolute Gasteiger partial charge is 0.445 e. The van der Waals surface area contributed by atoms with Crippen LogP contribution in [0, 0.1) is 0 Å². The minimum atomic E-state index is -0.395. The highest BCUT2D eigenvalue weighted by molar-refractivity contribution is 5.67. The fourth-order valence-electron chi connectivity index (χ4n) is 2.29. The van der Waals surface area contributed by atoms with E-state index in [0.717, 1.165) is 35.2 Å². The molecule has 0 radical (unpaired) electrons. The monoisotopic (exact) mass is 324 g/mol. The first-order chi connectivity index (χ1) is 11.7. The number of carbonyl (C=O) groups is 1. The number of carbonyl (C=O) groups excluding carboxylic acids is 1. The summed E-state index contributed by atoms with van der Waals surface area (Å²) in [5.74, 6) is 0. The lowest BCUT2D eigenvalue weighted by atomic mass is 10.1. The van der Waals surface area contributed by atoms with Gasteiger partial charge in [-0.3, -0.25) is 0 Å². The first kappa shape index (κ1) is 17.6. The molecule has 126 valence electrons. The van der Waals surface area contributed by atoms with Gasteiger partial charge in [0.2, 0.25) is 0 Å². The Morgan fingerprint density at radius 3 is 2.75 bits per heavy atom. The highest BCUT2D eigenvalue weighted by Crippen LogP contribution is 2.15. The Balaban J connectivity index is 1.67. The molecule has 0 unspecified atom stereocenters. The molecule has 0 spiro atoms. The van der Waals surface area contributed by atoms with Crippen molar-refractivity contribution in [3.05, 3.63) is 71.3 Å². The number of aryl methyl sites for hydroxylation is 1. The van der Waals surface area contributed by atoms with Crippen LogP contribution in [-0.4, -0.2) is 12.6 Å². The zero-order valence-electron chi connectivity index (χ0n) is 14.0. The van der Waals surface area contributed by atoms with E-state index in [1.165, 1.54) is 0 Å². The van der Waals surface area contributed by atoms with Crippen molar-refractivity contribution < 1.29 is 9.53 Å². The van der Waals surface area contributed by atoms with E-state index in [4.69, 9.17) is 10.5 Å². The molecular weight excluding hydrogens is 300 g/mol. The average molecular weight is 324 g/mol. The molecule has 24 heavy (non-hydrogen) atoms. The van der Waals surface area contributed by atoms with E-state index in [1.54, 1.807) is 0 Å². The van der Waals surface area contributed by atoms with Crippen molar-refractivity contribution in [2.45, 2.75) is 26.4 Å². The van der Waals surface area contributed by atoms with E-state index in [0.29, 0.717) is 6.54 Å². The second-order valence-corrected chi connectivity index (χ2v) is 5.49. The quantitative estimate of drug-likeness (QED) is 0.594. The van der Waals surface area contributed by atoms with Gasteiger partial charge in [0.25, 0.3) is 0 Å². The molecule has 4 heteroatoms. The second-order valence-electron chi connectivity index (χ2n) is 5.49. The molecule has 2 aromatic rings. The van der Waals surface area contributed by atoms with Crippen molar-refractivity contribution in [2.24, 2.45) is 0 Å². The van der Waals surface area contributed by atoms with Gasteiger partial charge in [-0.05, 0) is 41.7 Å². The topological polar surface area (TPSA) is 64.3 Å². The van der Waals surface area contributed by atoms with Crippen molar-refractivity contribution in [1.29, 1.82) is 0 Å². The molecule has 0 saturated heterocycles. The lowest BCUT2D eigenvalue weighted by Crippen LogP contribution is -2.24. The van der Waals surface area contributed by atoms with Crippen LogP contribution >= 0.6 is 0 Å². The molecule has 1 amide bonds. The van der Waals surface area contributed by atoms with Gasteiger partial charge < -0.3 is 15.8 Å². The highest BCUT2D eigenvalue weighted by Gasteiger charge is 2.01. The predicted molar refractivity (Wildman–Crippen MR) is 98.5 cm³/mol. The summed E-state index contributed by atoms with van der Waals surface area (Å²) in [5, 5.41) is 2.74. The Morgan fingerprint density at radius 1 is 1.21 bits per heavy atom. The number of hydrogen-bond acceptors (Lipinski definition) is 3. The van der Waals surface area contributed by atoms with Gasteiger partial charge in [-0.15, -0.1) is 0 Å². The van der Waals surface area contributed by atoms with Crippen LogP contribution < -0.4 is 11.1 Å². The van der Waals surface area contributed by atoms with E-state index < -0.39 is 6.09 Å². The zero-order chi connectivity index (χ0) is 17.2. The fraction of sp³-hybridized carbons (Fsp3) is 0.250. The van der Waals surface area contributed by atoms with Crippen LogP contribution in [0.15, 0.2) is 54.6 Å². The number of hydrogen-bond donors (Lipinski definition) is 2. The number of nitrogens with one attached hydrogen (secondary N) is 1. The summed E-state index contributed by atoms with van der Waals surface area (Å²) in [7, 11) is 0. The summed E-state index contributed by atoms with van der Waals surface area (Å²) in [5.41, 5.74) is 9.97. The predicted octanol–water partition coefficient (Wildman–Crippen LogP) is 4.16. The summed E-state index contributed by atoms with van der Waals surface area (Å²) >= 11 is 0. The molecule has 0 aromatic heterocycles. The smallest absolute Gasteiger partial charge is 0.407 e. The summed E-state index contributed by atoms with van der Waals surface area (Å²) < 4.78 is 5.15. The average Bonchev–Trinajstić information content (AvgIpc) is 2.62. The molecule has 4 nitrogen and oxygen atoms in total. The van der Waals surface area contributed by atoms with Crippen molar-refractivity contribution in [3.63, 3.8) is 0 Å². The fourth-order valence-corrected chi connectivity index (χ4v) is 2.29. The number of amides is 1. The number of nitrogen functional groups attached to an aromatic ring is 1. The normalized spacial score (nSPS) is 10.7. The van der Waals surface area contributed by atoms with Gasteiger partial charge in [-0.1, -0.05) is 55.5 Å². The summed E-state index contributed by atoms with van der Waals surface area (Å²) in [6, 6.07) is 15.6. The lowest BCUT2D eigenvalue weighted by molar-refractivity contribution is 0.140. The maximum Gasteiger partial charge on any atom is 0.407 e. The number of benzene rings is 2. The van der Waals surface area contributed by atoms with Gasteiger partial charge >= 0.3 is 6.09 Å². The molecule has 0 heterocycles. The molecular formula is C20H24N2O2. The summed E-state index contributed by atoms with van der Waals surface area (Å²) in [4.78, 5) is 11.6. The minimum absolute atomic E-state index is 0.285. The van der Waals surface area contributed by atoms with E-state index in [2.05, 4.69) is 18.3 Å². The summed E-state index contributed by atoms with van der Waals surface area (Å²) in [6.45, 7) is 2.91. The number of nitrogens with two attached hydrogens (primary N) is 1. The summed E-state index contributed by atoms with van der Waals surface area (Å²) in [6.07, 6.45) is 5.33. The van der Waals surface area contributed by atoms with Crippen LogP contribution in [0.5, 0.6) is 0 Å². The maximum absolute atomic E-state index is 11.6. The Hall–Kier alpha value is -2.75. The van der Waals surface area contributed by atoms with E-state index in [1.807, 2.05) is 54.6 Å². The third-order valence-electron chi connectivity index (χ3n) is 3.65. The van der Waals surface area contributed by atoms with Crippen molar-refractivity contribution in [3.8, 4) is 0 Å². The van der Waals surface area contributed by atoms with Crippen molar-refractivity contribution in [2.75, 3.05) is 12.3 Å². The second kappa shape index (κ2) is 9.40. The Labute approximate surface area is 143 Å². The molecule has 0 atom stereocenters. The maximum atomic E-state index is 11.6. The molecule has 0 fully saturated rings. The third kappa shape index (κ3) is 5.80. The first-order valence-electron chi connectivity index (χ1n) is 8.18. The van der Waals surface area contributed by atoms with Crippen LogP contribution in [0.25, 0.3) is 6.08 Å². The molecule has 3 N–H and O–H groups in total. The van der Waals surface area contributed by atoms with Crippen molar-refractivity contribution in [1.82, 2.24) is 5.32 Å². The minimum Gasteiger partial charge on any atom is -0.445 e. The van der Waals surface area contributed by atoms with Gasteiger partial charge in [0, 0.05) is 12.2 Å². The van der Waals surface area contributed by atoms with Gasteiger partial charge in [-0.2, -0.15) is 0 Å². The third-order valence-corrected chi connectivity index (χ3v) is 3.65. The Bertz CT molecular complexity index is 681. The lowest BCUT2D eigenvalue weighted by Gasteiger charge is -2.06. The molecule has 0 aliphatic carbocycles. The SMILES string of the molecule is CCc1cc(C=CCCNC(=O)OCc2ccccc2)ccc1N. The zero-order valence-corrected chi connectivity index (χ0v) is 14.0. The van der Waals surface area contributed by atoms with E-state index >= 15 is 0 Å². The van der Waals surface area contributed by atoms with Crippen LogP contribution in [0.3, 0.4) is 0 Å². The number of alkyl carbamates (subject to hydrolysis) is 1. The molecule has 2 rings (SSSR count). The standard InChI is InChI=1S/C20H24N2O2/c1-2-18-14-16(11-12-19(18)21)8-6-7-13-22-20(23)24-15-17-9-4-3-5-10-17/h3-6,8-12,14H,2,7,13,15,21H2,1H3,(H,22,23). The van der Waals surface area contributed by atoms with Crippen LogP contribution in [0.1, 0.15) is 30.0 Å². The van der Waals surface area contributed by atoms with Crippen molar-refractivity contribution >= 4 is 17.9 Å². The highest BCUT2D eigenvalue weighted by atomic mass is 16.5. The van der Waals surface area contributed by atoms with Gasteiger partial charge in [0.05, 0.1) is 0 Å². The Morgan fingerprint density at radius 2 is 2.00 bits per heavy atom. The molecule has 0 aliphatic heterocycles. The number of ether oxygens (including phenoxy) is 1. The molecule has 0 bridgehead atoms. The van der Waals surface area contributed by atoms with Gasteiger partial charge in [0.15, 0.2) is 0 Å². The van der Waals surface area contributed by atoms with Gasteiger partial charge in [0.1, 0.15) is 6.61 Å². The number of rotatable bonds is 7. The van der Waals surface area contributed by atoms with Crippen LogP contribution in [-0.2, 0) is 17.8 Å². The first-order valence-corrected chi connectivity index (χ1v) is 8.18. The van der Waals surface area contributed by atoms with Crippen LogP contribution in [0.4, 0.5) is 10.5 Å². The molecule has 0 saturated carbocycles. The van der Waals surface area contributed by atoms with E-state index in [-0.39, 0.29) is 6.61 Å². The van der Waals surface area contributed by atoms with Crippen LogP contribution in [0.2, 0.25) is 0 Å².